The van der Waals surface area contributed by atoms with Crippen molar-refractivity contribution in [2.45, 2.75) is 37.2 Å². The van der Waals surface area contributed by atoms with Gasteiger partial charge in [0.1, 0.15) is 5.75 Å². The number of methoxy groups -OCH3 is 1. The molecule has 0 N–H and O–H groups in total. The number of amides is 2. The van der Waals surface area contributed by atoms with Crippen LogP contribution in [0.5, 0.6) is 5.75 Å². The first-order valence-corrected chi connectivity index (χ1v) is 13.4. The van der Waals surface area contributed by atoms with E-state index in [2.05, 4.69) is 0 Å². The maximum atomic E-state index is 13.6. The predicted molar refractivity (Wildman–Crippen MR) is 144 cm³/mol. The lowest BCUT2D eigenvalue weighted by atomic mass is 9.89. The van der Waals surface area contributed by atoms with E-state index < -0.39 is 10.0 Å². The molecule has 0 saturated carbocycles. The zero-order chi connectivity index (χ0) is 26.9. The number of carbonyl (C=O) groups is 2. The summed E-state index contributed by atoms with van der Waals surface area (Å²) in [5, 5.41) is 0. The van der Waals surface area contributed by atoms with Gasteiger partial charge in [0.2, 0.25) is 15.9 Å². The lowest BCUT2D eigenvalue weighted by Gasteiger charge is -2.43. The summed E-state index contributed by atoms with van der Waals surface area (Å²) < 4.78 is 31.4. The van der Waals surface area contributed by atoms with Gasteiger partial charge in [-0.3, -0.25) is 9.59 Å². The van der Waals surface area contributed by atoms with E-state index in [1.807, 2.05) is 31.2 Å². The van der Waals surface area contributed by atoms with E-state index in [-0.39, 0.29) is 28.8 Å². The van der Waals surface area contributed by atoms with Gasteiger partial charge in [0, 0.05) is 44.0 Å². The van der Waals surface area contributed by atoms with E-state index in [1.54, 1.807) is 53.3 Å². The molecule has 3 aromatic carbocycles. The largest absolute Gasteiger partial charge is 0.497 e. The number of benzene rings is 3. The second kappa shape index (κ2) is 10.4. The third kappa shape index (κ3) is 4.97. The van der Waals surface area contributed by atoms with Crippen LogP contribution in [0.15, 0.2) is 77.7 Å². The van der Waals surface area contributed by atoms with Crippen molar-refractivity contribution in [2.24, 2.45) is 0 Å². The summed E-state index contributed by atoms with van der Waals surface area (Å²) in [7, 11) is 0.940. The van der Waals surface area contributed by atoms with E-state index >= 15 is 0 Å². The van der Waals surface area contributed by atoms with Crippen molar-refractivity contribution in [3.05, 3.63) is 83.9 Å². The molecule has 0 unspecified atom stereocenters. The van der Waals surface area contributed by atoms with Gasteiger partial charge in [-0.15, -0.1) is 0 Å². The van der Waals surface area contributed by atoms with Gasteiger partial charge in [-0.1, -0.05) is 18.2 Å². The Morgan fingerprint density at radius 2 is 1.57 bits per heavy atom. The van der Waals surface area contributed by atoms with Crippen LogP contribution in [0.1, 0.15) is 42.2 Å². The molecule has 0 aromatic heterocycles. The average Bonchev–Trinajstić information content (AvgIpc) is 2.88. The third-order valence-corrected chi connectivity index (χ3v) is 8.49. The first-order valence-electron chi connectivity index (χ1n) is 11.9. The fraction of sp³-hybridized carbons (Fsp3) is 0.286. The van der Waals surface area contributed by atoms with Crippen molar-refractivity contribution in [1.82, 2.24) is 4.31 Å². The number of para-hydroxylation sites is 1. The molecule has 4 rings (SSSR count). The molecule has 0 saturated heterocycles. The topological polar surface area (TPSA) is 87.2 Å². The summed E-state index contributed by atoms with van der Waals surface area (Å²) in [6.07, 6.45) is 0.510. The molecule has 1 aliphatic rings. The van der Waals surface area contributed by atoms with Gasteiger partial charge in [0.05, 0.1) is 18.0 Å². The van der Waals surface area contributed by atoms with Gasteiger partial charge in [-0.05, 0) is 73.5 Å². The Balaban J connectivity index is 1.73. The molecule has 37 heavy (non-hydrogen) atoms. The Bertz CT molecular complexity index is 1400. The van der Waals surface area contributed by atoms with Gasteiger partial charge < -0.3 is 14.5 Å². The molecule has 3 aromatic rings. The number of ether oxygens (including phenoxy) is 1. The SMILES string of the molecule is COc1ccc(C(=O)N2c3ccccc3[C@H](N(C(C)=O)c3ccc(S(=O)(=O)N(C)C)cc3)C[C@@H]2C)cc1. The van der Waals surface area contributed by atoms with E-state index in [9.17, 15) is 18.0 Å². The minimum atomic E-state index is -3.59. The van der Waals surface area contributed by atoms with Crippen molar-refractivity contribution in [3.63, 3.8) is 0 Å². The number of nitrogens with zero attached hydrogens (tertiary/aromatic N) is 3. The molecule has 0 radical (unpaired) electrons. The van der Waals surface area contributed by atoms with E-state index in [0.717, 1.165) is 15.6 Å². The quantitative estimate of drug-likeness (QED) is 0.477. The van der Waals surface area contributed by atoms with E-state index in [4.69, 9.17) is 4.74 Å². The fourth-order valence-corrected chi connectivity index (χ4v) is 5.68. The van der Waals surface area contributed by atoms with E-state index in [1.165, 1.54) is 33.2 Å². The lowest BCUT2D eigenvalue weighted by Crippen LogP contribution is -2.47. The lowest BCUT2D eigenvalue weighted by molar-refractivity contribution is -0.117. The summed E-state index contributed by atoms with van der Waals surface area (Å²) in [5.74, 6) is 0.365. The molecule has 2 atom stereocenters. The first kappa shape index (κ1) is 26.4. The highest BCUT2D eigenvalue weighted by atomic mass is 32.2. The van der Waals surface area contributed by atoms with E-state index in [0.29, 0.717) is 23.4 Å². The highest BCUT2D eigenvalue weighted by Gasteiger charge is 2.38. The summed E-state index contributed by atoms with van der Waals surface area (Å²) in [4.78, 5) is 30.1. The Hall–Kier alpha value is -3.69. The Kier molecular flexibility index (Phi) is 7.38. The van der Waals surface area contributed by atoms with Crippen molar-refractivity contribution in [2.75, 3.05) is 31.0 Å². The van der Waals surface area contributed by atoms with Gasteiger partial charge in [0.15, 0.2) is 0 Å². The van der Waals surface area contributed by atoms with Crippen LogP contribution in [0.4, 0.5) is 11.4 Å². The molecule has 0 fully saturated rings. The molecule has 0 aliphatic carbocycles. The highest BCUT2D eigenvalue weighted by Crippen LogP contribution is 2.43. The molecule has 0 bridgehead atoms. The molecule has 1 heterocycles. The van der Waals surface area contributed by atoms with Crippen molar-refractivity contribution >= 4 is 33.2 Å². The third-order valence-electron chi connectivity index (χ3n) is 6.66. The zero-order valence-corrected chi connectivity index (χ0v) is 22.4. The van der Waals surface area contributed by atoms with Crippen LogP contribution in [-0.2, 0) is 14.8 Å². The minimum Gasteiger partial charge on any atom is -0.497 e. The number of hydrogen-bond acceptors (Lipinski definition) is 5. The number of rotatable bonds is 6. The highest BCUT2D eigenvalue weighted by molar-refractivity contribution is 7.89. The number of hydrogen-bond donors (Lipinski definition) is 0. The Morgan fingerprint density at radius 3 is 2.14 bits per heavy atom. The number of fused-ring (bicyclic) bond motifs is 1. The summed E-state index contributed by atoms with van der Waals surface area (Å²) in [5.41, 5.74) is 2.72. The summed E-state index contributed by atoms with van der Waals surface area (Å²) in [6, 6.07) is 20.4. The molecular weight excluding hydrogens is 490 g/mol. The number of anilines is 2. The van der Waals surface area contributed by atoms with Gasteiger partial charge in [-0.25, -0.2) is 12.7 Å². The Labute approximate surface area is 218 Å². The van der Waals surface area contributed by atoms with Gasteiger partial charge in [0.25, 0.3) is 5.91 Å². The monoisotopic (exact) mass is 521 g/mol. The maximum absolute atomic E-state index is 13.6. The molecule has 9 heteroatoms. The minimum absolute atomic E-state index is 0.131. The molecule has 8 nitrogen and oxygen atoms in total. The average molecular weight is 522 g/mol. The van der Waals surface area contributed by atoms with Crippen molar-refractivity contribution < 1.29 is 22.7 Å². The van der Waals surface area contributed by atoms with Crippen LogP contribution >= 0.6 is 0 Å². The number of sulfonamides is 1. The van der Waals surface area contributed by atoms with Crippen LogP contribution in [0.25, 0.3) is 0 Å². The van der Waals surface area contributed by atoms with Crippen LogP contribution in [0.3, 0.4) is 0 Å². The standard InChI is InChI=1S/C28H31N3O5S/c1-19-18-27(31(20(2)32)22-12-16-24(17-13-22)37(34,35)29(3)4)25-8-6-7-9-26(25)30(19)28(33)21-10-14-23(36-5)15-11-21/h6-17,19,27H,18H2,1-5H3/t19-,27+/m0/s1. The molecule has 194 valence electrons. The van der Waals surface area contributed by atoms with Crippen LogP contribution in [0.2, 0.25) is 0 Å². The van der Waals surface area contributed by atoms with Gasteiger partial charge in [-0.2, -0.15) is 0 Å². The molecule has 0 spiro atoms. The van der Waals surface area contributed by atoms with Crippen LogP contribution in [-0.4, -0.2) is 51.8 Å². The second-order valence-corrected chi connectivity index (χ2v) is 11.4. The van der Waals surface area contributed by atoms with Crippen molar-refractivity contribution in [3.8, 4) is 5.75 Å². The Morgan fingerprint density at radius 1 is 0.946 bits per heavy atom. The maximum Gasteiger partial charge on any atom is 0.258 e. The molecule has 2 amide bonds. The first-order chi connectivity index (χ1) is 17.6. The zero-order valence-electron chi connectivity index (χ0n) is 21.6. The fourth-order valence-electron chi connectivity index (χ4n) is 4.78. The molecular formula is C28H31N3O5S. The van der Waals surface area contributed by atoms with Crippen molar-refractivity contribution in [1.29, 1.82) is 0 Å². The van der Waals surface area contributed by atoms with Gasteiger partial charge >= 0.3 is 0 Å². The predicted octanol–water partition coefficient (Wildman–Crippen LogP) is 4.48. The smallest absolute Gasteiger partial charge is 0.258 e. The van der Waals surface area contributed by atoms with Crippen LogP contribution < -0.4 is 14.5 Å². The van der Waals surface area contributed by atoms with Crippen LogP contribution in [0, 0.1) is 0 Å². The summed E-state index contributed by atoms with van der Waals surface area (Å²) in [6.45, 7) is 3.46. The second-order valence-electron chi connectivity index (χ2n) is 9.23. The normalized spacial score (nSPS) is 17.3. The molecule has 1 aliphatic heterocycles. The number of carbonyl (C=O) groups excluding carboxylic acids is 2. The summed E-state index contributed by atoms with van der Waals surface area (Å²) >= 11 is 0.